The summed E-state index contributed by atoms with van der Waals surface area (Å²) < 4.78 is 32.0. The molecule has 1 amide bonds. The van der Waals surface area contributed by atoms with Crippen LogP contribution in [0.4, 0.5) is 11.5 Å². The zero-order chi connectivity index (χ0) is 22.4. The highest BCUT2D eigenvalue weighted by Gasteiger charge is 2.15. The van der Waals surface area contributed by atoms with Crippen LogP contribution < -0.4 is 15.8 Å². The van der Waals surface area contributed by atoms with Crippen molar-refractivity contribution in [3.63, 3.8) is 0 Å². The molecule has 0 unspecified atom stereocenters. The van der Waals surface area contributed by atoms with Crippen LogP contribution in [0.15, 0.2) is 53.4 Å². The van der Waals surface area contributed by atoms with Gasteiger partial charge in [0.05, 0.1) is 16.8 Å². The third kappa shape index (κ3) is 5.96. The van der Waals surface area contributed by atoms with E-state index in [0.717, 1.165) is 0 Å². The number of nitrogens with one attached hydrogen (secondary N) is 2. The number of anilines is 2. The minimum absolute atomic E-state index is 0.00927. The van der Waals surface area contributed by atoms with Crippen LogP contribution >= 0.6 is 0 Å². The number of benzene rings is 2. The molecule has 2 aromatic carbocycles. The van der Waals surface area contributed by atoms with Crippen molar-refractivity contribution >= 4 is 44.3 Å². The number of para-hydroxylation sites is 1. The quantitative estimate of drug-likeness (QED) is 0.444. The number of hydrogen-bond acceptors (Lipinski definition) is 8. The van der Waals surface area contributed by atoms with Gasteiger partial charge in [-0.3, -0.25) is 9.59 Å². The second-order valence-electron chi connectivity index (χ2n) is 6.56. The minimum atomic E-state index is -3.81. The van der Waals surface area contributed by atoms with Crippen molar-refractivity contribution in [2.75, 3.05) is 17.6 Å². The van der Waals surface area contributed by atoms with Gasteiger partial charge in [0, 0.05) is 24.5 Å². The number of carbonyl (C=O) groups excluding carboxylic acids is 2. The lowest BCUT2D eigenvalue weighted by Gasteiger charge is -2.09. The summed E-state index contributed by atoms with van der Waals surface area (Å²) in [6.45, 7) is 1.03. The predicted molar refractivity (Wildman–Crippen MR) is 114 cm³/mol. The highest BCUT2D eigenvalue weighted by Crippen LogP contribution is 2.17. The van der Waals surface area contributed by atoms with Crippen LogP contribution in [-0.4, -0.2) is 36.8 Å². The van der Waals surface area contributed by atoms with Gasteiger partial charge in [0.25, 0.3) is 0 Å². The average Bonchev–Trinajstić information content (AvgIpc) is 2.72. The molecule has 162 valence electrons. The lowest BCUT2D eigenvalue weighted by Crippen LogP contribution is -2.26. The first kappa shape index (κ1) is 22.1. The fraction of sp³-hybridized carbons (Fsp3) is 0.200. The van der Waals surface area contributed by atoms with Gasteiger partial charge >= 0.3 is 5.97 Å². The van der Waals surface area contributed by atoms with Crippen LogP contribution in [0.5, 0.6) is 0 Å². The molecular formula is C20H21N5O5S. The second kappa shape index (κ2) is 9.49. The topological polar surface area (TPSA) is 153 Å². The largest absolute Gasteiger partial charge is 0.457 e. The molecule has 0 radical (unpaired) electrons. The standard InChI is InChI=1S/C20H21N5O5S/c1-13(26)23-14-6-8-15(9-7-14)31(28,29)22-11-10-19(27)30-12-18-24-17-5-3-2-4-16(17)20(21)25-18/h2-9,22H,10-12H2,1H3,(H,23,26)(H2,21,24,25). The van der Waals surface area contributed by atoms with E-state index >= 15 is 0 Å². The molecule has 4 N–H and O–H groups in total. The molecule has 1 aromatic heterocycles. The maximum Gasteiger partial charge on any atom is 0.307 e. The molecular weight excluding hydrogens is 422 g/mol. The Bertz CT molecular complexity index is 1210. The number of rotatable bonds is 8. The van der Waals surface area contributed by atoms with E-state index in [1.165, 1.54) is 31.2 Å². The van der Waals surface area contributed by atoms with E-state index in [1.807, 2.05) is 12.1 Å². The molecule has 3 aromatic rings. The third-order valence-electron chi connectivity index (χ3n) is 4.15. The number of esters is 1. The molecule has 0 saturated heterocycles. The van der Waals surface area contributed by atoms with Gasteiger partial charge in [0.1, 0.15) is 5.82 Å². The van der Waals surface area contributed by atoms with Gasteiger partial charge < -0.3 is 15.8 Å². The normalized spacial score (nSPS) is 11.3. The first-order valence-electron chi connectivity index (χ1n) is 9.29. The Balaban J connectivity index is 1.50. The molecule has 10 nitrogen and oxygen atoms in total. The van der Waals surface area contributed by atoms with Gasteiger partial charge in [0.15, 0.2) is 12.4 Å². The molecule has 0 saturated carbocycles. The Hall–Kier alpha value is -3.57. The van der Waals surface area contributed by atoms with Crippen LogP contribution in [0.1, 0.15) is 19.2 Å². The first-order chi connectivity index (χ1) is 14.7. The van der Waals surface area contributed by atoms with E-state index < -0.39 is 16.0 Å². The molecule has 0 aliphatic carbocycles. The number of nitrogens with two attached hydrogens (primary N) is 1. The highest BCUT2D eigenvalue weighted by atomic mass is 32.2. The monoisotopic (exact) mass is 443 g/mol. The summed E-state index contributed by atoms with van der Waals surface area (Å²) in [5.74, 6) is -0.332. The molecule has 0 aliphatic rings. The van der Waals surface area contributed by atoms with Gasteiger partial charge in [-0.05, 0) is 36.4 Å². The fourth-order valence-electron chi connectivity index (χ4n) is 2.72. The Kier molecular flexibility index (Phi) is 6.78. The summed E-state index contributed by atoms with van der Waals surface area (Å²) in [4.78, 5) is 31.4. The average molecular weight is 443 g/mol. The van der Waals surface area contributed by atoms with E-state index in [9.17, 15) is 18.0 Å². The van der Waals surface area contributed by atoms with Crippen molar-refractivity contribution in [2.45, 2.75) is 24.8 Å². The number of sulfonamides is 1. The number of carbonyl (C=O) groups is 2. The van der Waals surface area contributed by atoms with Gasteiger partial charge in [-0.2, -0.15) is 0 Å². The van der Waals surface area contributed by atoms with E-state index in [2.05, 4.69) is 20.0 Å². The number of hydrogen-bond donors (Lipinski definition) is 3. The first-order valence-corrected chi connectivity index (χ1v) is 10.8. The van der Waals surface area contributed by atoms with Crippen molar-refractivity contribution in [1.82, 2.24) is 14.7 Å². The van der Waals surface area contributed by atoms with E-state index in [0.29, 0.717) is 16.6 Å². The van der Waals surface area contributed by atoms with E-state index in [4.69, 9.17) is 10.5 Å². The van der Waals surface area contributed by atoms with Crippen molar-refractivity contribution < 1.29 is 22.7 Å². The lowest BCUT2D eigenvalue weighted by molar-refractivity contribution is -0.145. The molecule has 0 spiro atoms. The molecule has 0 bridgehead atoms. The van der Waals surface area contributed by atoms with Crippen molar-refractivity contribution in [3.05, 3.63) is 54.4 Å². The lowest BCUT2D eigenvalue weighted by atomic mass is 10.2. The molecule has 31 heavy (non-hydrogen) atoms. The van der Waals surface area contributed by atoms with Crippen molar-refractivity contribution in [3.8, 4) is 0 Å². The minimum Gasteiger partial charge on any atom is -0.457 e. The second-order valence-corrected chi connectivity index (χ2v) is 8.32. The smallest absolute Gasteiger partial charge is 0.307 e. The van der Waals surface area contributed by atoms with Gasteiger partial charge in [-0.15, -0.1) is 0 Å². The van der Waals surface area contributed by atoms with Crippen LogP contribution in [0.3, 0.4) is 0 Å². The van der Waals surface area contributed by atoms with Crippen LogP contribution in [-0.2, 0) is 31.0 Å². The molecule has 1 heterocycles. The van der Waals surface area contributed by atoms with Gasteiger partial charge in [-0.1, -0.05) is 12.1 Å². The van der Waals surface area contributed by atoms with Crippen molar-refractivity contribution in [2.24, 2.45) is 0 Å². The SMILES string of the molecule is CC(=O)Nc1ccc(S(=O)(=O)NCCC(=O)OCc2nc(N)c3ccccc3n2)cc1. The van der Waals surface area contributed by atoms with Crippen molar-refractivity contribution in [1.29, 1.82) is 0 Å². The molecule has 11 heteroatoms. The zero-order valence-electron chi connectivity index (χ0n) is 16.7. The number of nitrogen functional groups attached to an aromatic ring is 1. The molecule has 0 fully saturated rings. The number of aromatic nitrogens is 2. The maximum atomic E-state index is 12.3. The van der Waals surface area contributed by atoms with Crippen LogP contribution in [0.2, 0.25) is 0 Å². The summed E-state index contributed by atoms with van der Waals surface area (Å²) >= 11 is 0. The highest BCUT2D eigenvalue weighted by molar-refractivity contribution is 7.89. The Morgan fingerprint density at radius 1 is 1.06 bits per heavy atom. The number of amides is 1. The maximum absolute atomic E-state index is 12.3. The zero-order valence-corrected chi connectivity index (χ0v) is 17.5. The molecule has 0 aliphatic heterocycles. The number of nitrogens with zero attached hydrogens (tertiary/aromatic N) is 2. The van der Waals surface area contributed by atoms with Gasteiger partial charge in [-0.25, -0.2) is 23.1 Å². The number of fused-ring (bicyclic) bond motifs is 1. The predicted octanol–water partition coefficient (Wildman–Crippen LogP) is 1.58. The Morgan fingerprint density at radius 3 is 2.48 bits per heavy atom. The number of ether oxygens (including phenoxy) is 1. The third-order valence-corrected chi connectivity index (χ3v) is 5.62. The van der Waals surface area contributed by atoms with Gasteiger partial charge in [0.2, 0.25) is 15.9 Å². The Morgan fingerprint density at radius 2 is 1.77 bits per heavy atom. The summed E-state index contributed by atoms with van der Waals surface area (Å²) in [6, 6.07) is 12.8. The van der Waals surface area contributed by atoms with Crippen LogP contribution in [0, 0.1) is 0 Å². The van der Waals surface area contributed by atoms with E-state index in [-0.39, 0.29) is 42.0 Å². The summed E-state index contributed by atoms with van der Waals surface area (Å²) in [6.07, 6.45) is -0.174. The fourth-order valence-corrected chi connectivity index (χ4v) is 3.76. The summed E-state index contributed by atoms with van der Waals surface area (Å²) in [5, 5.41) is 3.25. The summed E-state index contributed by atoms with van der Waals surface area (Å²) in [5.41, 5.74) is 7.01. The molecule has 3 rings (SSSR count). The van der Waals surface area contributed by atoms with E-state index in [1.54, 1.807) is 12.1 Å². The summed E-state index contributed by atoms with van der Waals surface area (Å²) in [7, 11) is -3.81. The Labute approximate surface area is 178 Å². The molecule has 0 atom stereocenters. The van der Waals surface area contributed by atoms with Crippen LogP contribution in [0.25, 0.3) is 10.9 Å².